The summed E-state index contributed by atoms with van der Waals surface area (Å²) in [6, 6.07) is 0. The SMILES string of the molecule is CC\C=C/C=C\C=C/C=C\CCCCCC(=O)OCC(COC(=O)CCCCCCC\C=C/C=C\C=C/CCCCCCC)OC(=O)CCCCC/C=C\C/C=C\C/C=C\C/C=C\CC. The summed E-state index contributed by atoms with van der Waals surface area (Å²) in [5, 5.41) is 0. The van der Waals surface area contributed by atoms with Gasteiger partial charge in [-0.15, -0.1) is 0 Å². The molecule has 0 saturated heterocycles. The molecule has 0 aromatic carbocycles. The van der Waals surface area contributed by atoms with Crippen molar-refractivity contribution in [3.05, 3.63) is 134 Å². The lowest BCUT2D eigenvalue weighted by Crippen LogP contribution is -2.30. The molecule has 1 atom stereocenters. The van der Waals surface area contributed by atoms with Gasteiger partial charge in [0.2, 0.25) is 0 Å². The summed E-state index contributed by atoms with van der Waals surface area (Å²) in [6.07, 6.45) is 72.9. The lowest BCUT2D eigenvalue weighted by Gasteiger charge is -2.18. The Morgan fingerprint density at radius 3 is 1.14 bits per heavy atom. The molecule has 0 N–H and O–H groups in total. The fraction of sp³-hybridized carbons (Fsp3) is 0.576. The topological polar surface area (TPSA) is 78.9 Å². The van der Waals surface area contributed by atoms with E-state index in [-0.39, 0.29) is 37.5 Å². The first-order valence-electron chi connectivity index (χ1n) is 25.8. The normalized spacial score (nSPS) is 13.2. The average molecular weight is 897 g/mol. The Morgan fingerprint density at radius 2 is 0.677 bits per heavy atom. The molecule has 65 heavy (non-hydrogen) atoms. The number of carbonyl (C=O) groups is 3. The first-order valence-corrected chi connectivity index (χ1v) is 25.8. The molecule has 0 rings (SSSR count). The second-order valence-corrected chi connectivity index (χ2v) is 16.5. The zero-order valence-electron chi connectivity index (χ0n) is 41.4. The molecule has 0 aromatic rings. The van der Waals surface area contributed by atoms with E-state index in [2.05, 4.69) is 118 Å². The second kappa shape index (κ2) is 52.2. The second-order valence-electron chi connectivity index (χ2n) is 16.5. The van der Waals surface area contributed by atoms with Crippen molar-refractivity contribution in [1.29, 1.82) is 0 Å². The Labute approximate surface area is 398 Å². The minimum Gasteiger partial charge on any atom is -0.462 e. The molecule has 0 bridgehead atoms. The van der Waals surface area contributed by atoms with Crippen molar-refractivity contribution >= 4 is 17.9 Å². The van der Waals surface area contributed by atoms with Gasteiger partial charge >= 0.3 is 17.9 Å². The van der Waals surface area contributed by atoms with E-state index in [0.29, 0.717) is 19.3 Å². The largest absolute Gasteiger partial charge is 0.462 e. The van der Waals surface area contributed by atoms with Crippen LogP contribution in [0.15, 0.2) is 134 Å². The van der Waals surface area contributed by atoms with Gasteiger partial charge < -0.3 is 14.2 Å². The zero-order chi connectivity index (χ0) is 47.2. The van der Waals surface area contributed by atoms with E-state index >= 15 is 0 Å². The van der Waals surface area contributed by atoms with E-state index in [1.807, 2.05) is 36.5 Å². The zero-order valence-corrected chi connectivity index (χ0v) is 41.4. The maximum absolute atomic E-state index is 12.8. The van der Waals surface area contributed by atoms with E-state index in [9.17, 15) is 14.4 Å². The fourth-order valence-corrected chi connectivity index (χ4v) is 6.44. The standard InChI is InChI=1S/C59H92O6/c1-4-7-10-13-16-19-22-25-27-29-30-32-34-37-40-43-46-49-52-58(61)64-55-56(54-63-57(60)51-48-45-42-39-36-33-24-21-18-15-12-9-6-3)65-59(62)53-50-47-44-41-38-35-31-28-26-23-20-17-14-11-8-5-2/h8-9,11-12,15,17-18,20-22,24-30,32-33,35-36,38,56H,4-7,10,13-14,16,19,23,31,34,37,39-55H2,1-3H3/b11-8-,12-9-,18-15-,20-17-,24-21-,25-22-,28-26-,29-27-,32-30-,36-33-,38-35-. The molecule has 0 amide bonds. The molecule has 6 heteroatoms. The Hall–Kier alpha value is -4.45. The van der Waals surface area contributed by atoms with Crippen LogP contribution in [0.1, 0.15) is 201 Å². The Kier molecular flexibility index (Phi) is 48.6. The van der Waals surface area contributed by atoms with E-state index in [0.717, 1.165) is 122 Å². The number of carbonyl (C=O) groups excluding carboxylic acids is 3. The molecule has 0 aliphatic heterocycles. The lowest BCUT2D eigenvalue weighted by molar-refractivity contribution is -0.167. The van der Waals surface area contributed by atoms with Crippen molar-refractivity contribution in [2.75, 3.05) is 13.2 Å². The summed E-state index contributed by atoms with van der Waals surface area (Å²) in [7, 11) is 0. The van der Waals surface area contributed by atoms with Crippen LogP contribution < -0.4 is 0 Å². The number of rotatable bonds is 44. The van der Waals surface area contributed by atoms with Gasteiger partial charge in [0.15, 0.2) is 6.10 Å². The van der Waals surface area contributed by atoms with E-state index in [1.165, 1.54) is 32.1 Å². The van der Waals surface area contributed by atoms with Crippen LogP contribution >= 0.6 is 0 Å². The maximum Gasteiger partial charge on any atom is 0.306 e. The first-order chi connectivity index (χ1) is 32.0. The van der Waals surface area contributed by atoms with Crippen LogP contribution in [0.5, 0.6) is 0 Å². The molecular formula is C59H92O6. The summed E-state index contributed by atoms with van der Waals surface area (Å²) in [5.74, 6) is -1.02. The van der Waals surface area contributed by atoms with Crippen molar-refractivity contribution < 1.29 is 28.6 Å². The number of unbranched alkanes of at least 4 members (excludes halogenated alkanes) is 16. The van der Waals surface area contributed by atoms with Gasteiger partial charge in [-0.05, 0) is 103 Å². The summed E-state index contributed by atoms with van der Waals surface area (Å²) in [5.41, 5.74) is 0. The average Bonchev–Trinajstić information content (AvgIpc) is 3.30. The highest BCUT2D eigenvalue weighted by Crippen LogP contribution is 2.12. The molecule has 0 heterocycles. The van der Waals surface area contributed by atoms with Gasteiger partial charge in [0.05, 0.1) is 0 Å². The van der Waals surface area contributed by atoms with Gasteiger partial charge in [-0.2, -0.15) is 0 Å². The maximum atomic E-state index is 12.8. The van der Waals surface area contributed by atoms with Crippen molar-refractivity contribution in [3.63, 3.8) is 0 Å². The Balaban J connectivity index is 4.56. The molecule has 0 saturated carbocycles. The fourth-order valence-electron chi connectivity index (χ4n) is 6.44. The van der Waals surface area contributed by atoms with Crippen LogP contribution in [0.4, 0.5) is 0 Å². The molecule has 0 radical (unpaired) electrons. The third kappa shape index (κ3) is 50.4. The van der Waals surface area contributed by atoms with Crippen LogP contribution in [0.2, 0.25) is 0 Å². The van der Waals surface area contributed by atoms with Gasteiger partial charge in [-0.25, -0.2) is 0 Å². The number of allylic oxidation sites excluding steroid dienone is 22. The van der Waals surface area contributed by atoms with Gasteiger partial charge in [0.25, 0.3) is 0 Å². The van der Waals surface area contributed by atoms with Crippen molar-refractivity contribution in [1.82, 2.24) is 0 Å². The van der Waals surface area contributed by atoms with Crippen molar-refractivity contribution in [2.45, 2.75) is 207 Å². The van der Waals surface area contributed by atoms with E-state index < -0.39 is 6.10 Å². The van der Waals surface area contributed by atoms with E-state index in [1.54, 1.807) is 0 Å². The van der Waals surface area contributed by atoms with Crippen LogP contribution in [0, 0.1) is 0 Å². The lowest BCUT2D eigenvalue weighted by atomic mass is 10.1. The Morgan fingerprint density at radius 1 is 0.338 bits per heavy atom. The minimum absolute atomic E-state index is 0.120. The molecular weight excluding hydrogens is 805 g/mol. The molecule has 0 aliphatic rings. The summed E-state index contributed by atoms with van der Waals surface area (Å²) >= 11 is 0. The molecule has 1 unspecified atom stereocenters. The third-order valence-electron chi connectivity index (χ3n) is 10.3. The van der Waals surface area contributed by atoms with Crippen LogP contribution in [-0.4, -0.2) is 37.2 Å². The predicted molar refractivity (Wildman–Crippen MR) is 279 cm³/mol. The first kappa shape index (κ1) is 60.5. The summed E-state index contributed by atoms with van der Waals surface area (Å²) < 4.78 is 16.7. The highest BCUT2D eigenvalue weighted by atomic mass is 16.6. The Bertz CT molecular complexity index is 1450. The monoisotopic (exact) mass is 897 g/mol. The minimum atomic E-state index is -0.824. The van der Waals surface area contributed by atoms with Crippen LogP contribution in [0.25, 0.3) is 0 Å². The van der Waals surface area contributed by atoms with Gasteiger partial charge in [-0.3, -0.25) is 14.4 Å². The van der Waals surface area contributed by atoms with Crippen LogP contribution in [-0.2, 0) is 28.6 Å². The molecule has 6 nitrogen and oxygen atoms in total. The quantitative estimate of drug-likeness (QED) is 0.0199. The van der Waals surface area contributed by atoms with Crippen molar-refractivity contribution in [3.8, 4) is 0 Å². The highest BCUT2D eigenvalue weighted by Gasteiger charge is 2.19. The molecule has 0 fully saturated rings. The number of hydrogen-bond donors (Lipinski definition) is 0. The van der Waals surface area contributed by atoms with Gasteiger partial charge in [0.1, 0.15) is 13.2 Å². The summed E-state index contributed by atoms with van der Waals surface area (Å²) in [4.78, 5) is 38.0. The number of esters is 3. The van der Waals surface area contributed by atoms with Crippen molar-refractivity contribution in [2.24, 2.45) is 0 Å². The van der Waals surface area contributed by atoms with Crippen LogP contribution in [0.3, 0.4) is 0 Å². The van der Waals surface area contributed by atoms with Gasteiger partial charge in [0, 0.05) is 19.3 Å². The molecule has 0 aliphatic carbocycles. The summed E-state index contributed by atoms with van der Waals surface area (Å²) in [6.45, 7) is 6.26. The smallest absolute Gasteiger partial charge is 0.306 e. The highest BCUT2D eigenvalue weighted by molar-refractivity contribution is 5.71. The molecule has 364 valence electrons. The number of ether oxygens (including phenoxy) is 3. The van der Waals surface area contributed by atoms with Gasteiger partial charge in [-0.1, -0.05) is 212 Å². The molecule has 0 aromatic heterocycles. The van der Waals surface area contributed by atoms with E-state index in [4.69, 9.17) is 14.2 Å². The number of hydrogen-bond acceptors (Lipinski definition) is 6. The predicted octanol–water partition coefficient (Wildman–Crippen LogP) is 17.1. The molecule has 0 spiro atoms. The third-order valence-corrected chi connectivity index (χ3v) is 10.3.